The van der Waals surface area contributed by atoms with E-state index in [0.717, 1.165) is 0 Å². The first-order chi connectivity index (χ1) is 8.50. The van der Waals surface area contributed by atoms with Crippen molar-refractivity contribution in [3.05, 3.63) is 35.6 Å². The van der Waals surface area contributed by atoms with Crippen LogP contribution in [0.3, 0.4) is 0 Å². The quantitative estimate of drug-likeness (QED) is 0.813. The molecule has 0 heterocycles. The van der Waals surface area contributed by atoms with Crippen LogP contribution in [0.25, 0.3) is 0 Å². The molecule has 0 aliphatic rings. The lowest BCUT2D eigenvalue weighted by Crippen LogP contribution is -2.30. The highest BCUT2D eigenvalue weighted by Crippen LogP contribution is 2.07. The van der Waals surface area contributed by atoms with Gasteiger partial charge in [-0.3, -0.25) is 4.79 Å². The second kappa shape index (κ2) is 7.11. The minimum Gasteiger partial charge on any atom is -0.393 e. The van der Waals surface area contributed by atoms with Crippen LogP contribution in [0.2, 0.25) is 0 Å². The Kier molecular flexibility index (Phi) is 5.78. The van der Waals surface area contributed by atoms with Crippen LogP contribution in [0.1, 0.15) is 25.8 Å². The molecule has 18 heavy (non-hydrogen) atoms. The lowest BCUT2D eigenvalue weighted by molar-refractivity contribution is -0.120. The van der Waals surface area contributed by atoms with Gasteiger partial charge in [0.1, 0.15) is 5.82 Å². The molecule has 0 saturated carbocycles. The van der Waals surface area contributed by atoms with Crippen molar-refractivity contribution < 1.29 is 14.3 Å². The van der Waals surface area contributed by atoms with Crippen LogP contribution in [0.5, 0.6) is 0 Å². The molecule has 0 aromatic heterocycles. The first-order valence-electron chi connectivity index (χ1n) is 6.19. The van der Waals surface area contributed by atoms with Crippen molar-refractivity contribution in [3.8, 4) is 0 Å². The Balaban J connectivity index is 2.33. The number of carbonyl (C=O) groups excluding carboxylic acids is 1. The van der Waals surface area contributed by atoms with Crippen molar-refractivity contribution in [3.63, 3.8) is 0 Å². The second-order valence-corrected chi connectivity index (χ2v) is 4.72. The monoisotopic (exact) mass is 253 g/mol. The van der Waals surface area contributed by atoms with Crippen LogP contribution in [0, 0.1) is 11.7 Å². The van der Waals surface area contributed by atoms with Gasteiger partial charge in [-0.25, -0.2) is 4.39 Å². The summed E-state index contributed by atoms with van der Waals surface area (Å²) in [5, 5.41) is 12.2. The Morgan fingerprint density at radius 3 is 2.67 bits per heavy atom. The van der Waals surface area contributed by atoms with E-state index in [1.165, 1.54) is 6.07 Å². The molecule has 0 spiro atoms. The maximum Gasteiger partial charge on any atom is 0.224 e. The fourth-order valence-corrected chi connectivity index (χ4v) is 1.57. The van der Waals surface area contributed by atoms with Crippen molar-refractivity contribution in [2.24, 2.45) is 5.92 Å². The second-order valence-electron chi connectivity index (χ2n) is 4.72. The lowest BCUT2D eigenvalue weighted by Gasteiger charge is -2.14. The zero-order chi connectivity index (χ0) is 13.5. The predicted molar refractivity (Wildman–Crippen MR) is 68.6 cm³/mol. The number of amides is 1. The summed E-state index contributed by atoms with van der Waals surface area (Å²) in [5.74, 6) is -0.417. The van der Waals surface area contributed by atoms with Crippen LogP contribution in [0.15, 0.2) is 24.3 Å². The largest absolute Gasteiger partial charge is 0.393 e. The Bertz CT molecular complexity index is 393. The van der Waals surface area contributed by atoms with Gasteiger partial charge in [0, 0.05) is 6.54 Å². The van der Waals surface area contributed by atoms with Gasteiger partial charge in [0.05, 0.1) is 12.5 Å². The van der Waals surface area contributed by atoms with Crippen molar-refractivity contribution in [2.75, 3.05) is 6.54 Å². The number of hydrogen-bond acceptors (Lipinski definition) is 2. The van der Waals surface area contributed by atoms with Gasteiger partial charge in [-0.15, -0.1) is 0 Å². The van der Waals surface area contributed by atoms with Crippen molar-refractivity contribution in [1.29, 1.82) is 0 Å². The number of benzene rings is 1. The van der Waals surface area contributed by atoms with Gasteiger partial charge in [0.2, 0.25) is 5.91 Å². The number of rotatable bonds is 6. The summed E-state index contributed by atoms with van der Waals surface area (Å²) in [7, 11) is 0. The molecule has 0 saturated heterocycles. The van der Waals surface area contributed by atoms with E-state index in [-0.39, 0.29) is 24.1 Å². The lowest BCUT2D eigenvalue weighted by atomic mass is 10.0. The summed E-state index contributed by atoms with van der Waals surface area (Å²) in [6.45, 7) is 4.25. The van der Waals surface area contributed by atoms with Gasteiger partial charge in [-0.1, -0.05) is 32.0 Å². The number of halogens is 1. The van der Waals surface area contributed by atoms with Gasteiger partial charge in [-0.2, -0.15) is 0 Å². The maximum atomic E-state index is 13.3. The zero-order valence-corrected chi connectivity index (χ0v) is 10.8. The van der Waals surface area contributed by atoms with E-state index in [0.29, 0.717) is 18.5 Å². The topological polar surface area (TPSA) is 49.3 Å². The summed E-state index contributed by atoms with van der Waals surface area (Å²) in [5.41, 5.74) is 0.388. The molecule has 0 radical (unpaired) electrons. The molecule has 1 unspecified atom stereocenters. The number of aliphatic hydroxyl groups excluding tert-OH is 1. The molecular weight excluding hydrogens is 233 g/mol. The van der Waals surface area contributed by atoms with Crippen LogP contribution in [-0.2, 0) is 11.2 Å². The Labute approximate surface area is 107 Å². The summed E-state index contributed by atoms with van der Waals surface area (Å²) in [6.07, 6.45) is 0.129. The van der Waals surface area contributed by atoms with Crippen molar-refractivity contribution in [2.45, 2.75) is 32.8 Å². The smallest absolute Gasteiger partial charge is 0.224 e. The highest BCUT2D eigenvalue weighted by molar-refractivity contribution is 5.78. The van der Waals surface area contributed by atoms with Gasteiger partial charge in [-0.05, 0) is 24.0 Å². The molecular formula is C14H20FNO2. The summed E-state index contributed by atoms with van der Waals surface area (Å²) < 4.78 is 13.3. The SMILES string of the molecule is CC(C)C(O)CCNC(=O)Cc1ccccc1F. The van der Waals surface area contributed by atoms with Gasteiger partial charge in [0.25, 0.3) is 0 Å². The molecule has 0 fully saturated rings. The minimum absolute atomic E-state index is 0.0322. The summed E-state index contributed by atoms with van der Waals surface area (Å²) >= 11 is 0. The average molecular weight is 253 g/mol. The van der Waals surface area contributed by atoms with E-state index in [1.807, 2.05) is 13.8 Å². The predicted octanol–water partition coefficient (Wildman–Crippen LogP) is 1.89. The van der Waals surface area contributed by atoms with E-state index >= 15 is 0 Å². The fraction of sp³-hybridized carbons (Fsp3) is 0.500. The standard InChI is InChI=1S/C14H20FNO2/c1-10(2)13(17)7-8-16-14(18)9-11-5-3-4-6-12(11)15/h3-6,10,13,17H,7-9H2,1-2H3,(H,16,18). The first kappa shape index (κ1) is 14.6. The van der Waals surface area contributed by atoms with Crippen LogP contribution in [-0.4, -0.2) is 23.7 Å². The molecule has 1 aromatic rings. The molecule has 0 aliphatic carbocycles. The molecule has 2 N–H and O–H groups in total. The van der Waals surface area contributed by atoms with Gasteiger partial charge >= 0.3 is 0 Å². The van der Waals surface area contributed by atoms with E-state index in [1.54, 1.807) is 18.2 Å². The van der Waals surface area contributed by atoms with E-state index < -0.39 is 6.10 Å². The molecule has 3 nitrogen and oxygen atoms in total. The molecule has 0 aliphatic heterocycles. The Morgan fingerprint density at radius 2 is 2.06 bits per heavy atom. The third-order valence-electron chi connectivity index (χ3n) is 2.84. The highest BCUT2D eigenvalue weighted by Gasteiger charge is 2.10. The normalized spacial score (nSPS) is 12.5. The third kappa shape index (κ3) is 4.84. The fourth-order valence-electron chi connectivity index (χ4n) is 1.57. The van der Waals surface area contributed by atoms with Gasteiger partial charge < -0.3 is 10.4 Å². The van der Waals surface area contributed by atoms with Crippen LogP contribution < -0.4 is 5.32 Å². The third-order valence-corrected chi connectivity index (χ3v) is 2.84. The average Bonchev–Trinajstić information content (AvgIpc) is 2.32. The number of hydrogen-bond donors (Lipinski definition) is 2. The molecule has 0 bridgehead atoms. The first-order valence-corrected chi connectivity index (χ1v) is 6.19. The van der Waals surface area contributed by atoms with E-state index in [2.05, 4.69) is 5.32 Å². The molecule has 1 atom stereocenters. The molecule has 1 aromatic carbocycles. The van der Waals surface area contributed by atoms with Crippen molar-refractivity contribution in [1.82, 2.24) is 5.32 Å². The van der Waals surface area contributed by atoms with Crippen molar-refractivity contribution >= 4 is 5.91 Å². The number of nitrogens with one attached hydrogen (secondary N) is 1. The van der Waals surface area contributed by atoms with E-state index in [4.69, 9.17) is 0 Å². The van der Waals surface area contributed by atoms with Crippen LogP contribution >= 0.6 is 0 Å². The van der Waals surface area contributed by atoms with Crippen LogP contribution in [0.4, 0.5) is 4.39 Å². The van der Waals surface area contributed by atoms with E-state index in [9.17, 15) is 14.3 Å². The molecule has 100 valence electrons. The number of carbonyl (C=O) groups is 1. The molecule has 1 rings (SSSR count). The maximum absolute atomic E-state index is 13.3. The molecule has 4 heteroatoms. The molecule has 1 amide bonds. The highest BCUT2D eigenvalue weighted by atomic mass is 19.1. The zero-order valence-electron chi connectivity index (χ0n) is 10.8. The Morgan fingerprint density at radius 1 is 1.39 bits per heavy atom. The summed E-state index contributed by atoms with van der Waals surface area (Å²) in [6, 6.07) is 6.23. The number of aliphatic hydroxyl groups is 1. The Hall–Kier alpha value is -1.42. The van der Waals surface area contributed by atoms with Gasteiger partial charge in [0.15, 0.2) is 0 Å². The summed E-state index contributed by atoms with van der Waals surface area (Å²) in [4.78, 5) is 11.6. The minimum atomic E-state index is -0.418.